The van der Waals surface area contributed by atoms with Gasteiger partial charge >= 0.3 is 0 Å². The van der Waals surface area contributed by atoms with Gasteiger partial charge in [-0.05, 0) is 44.9 Å². The summed E-state index contributed by atoms with van der Waals surface area (Å²) in [5.74, 6) is 3.57. The van der Waals surface area contributed by atoms with Crippen LogP contribution in [0.4, 0.5) is 0 Å². The standard InChI is InChI=1S/C27H31O2P/c1-26(2,3)20-14-17(15-21(24(20)28)27(4,5)6)16-23-25-19(11-9-13-30-25)18-10-7-8-12-22(18)29-23/h7-15,23,28H,16H2,1-6H3. The Kier molecular flexibility index (Phi) is 5.19. The third-order valence-electron chi connectivity index (χ3n) is 5.80. The molecule has 0 radical (unpaired) electrons. The first-order valence-electron chi connectivity index (χ1n) is 10.6. The van der Waals surface area contributed by atoms with Crippen LogP contribution in [-0.4, -0.2) is 5.11 Å². The van der Waals surface area contributed by atoms with E-state index in [0.717, 1.165) is 23.3 Å². The molecule has 0 amide bonds. The second-order valence-corrected chi connectivity index (χ2v) is 11.3. The Morgan fingerprint density at radius 3 is 2.10 bits per heavy atom. The van der Waals surface area contributed by atoms with E-state index in [1.807, 2.05) is 6.07 Å². The number of phenolic OH excluding ortho intramolecular Hbond substituents is 1. The van der Waals surface area contributed by atoms with Crippen LogP contribution in [0.1, 0.15) is 69.6 Å². The van der Waals surface area contributed by atoms with Crippen LogP contribution in [0.25, 0.3) is 11.1 Å². The minimum atomic E-state index is -0.135. The summed E-state index contributed by atoms with van der Waals surface area (Å²) in [6.45, 7) is 13.0. The molecule has 0 fully saturated rings. The van der Waals surface area contributed by atoms with Gasteiger partial charge in [0.2, 0.25) is 0 Å². The fraction of sp³-hybridized carbons (Fsp3) is 0.370. The average molecular weight is 419 g/mol. The normalized spacial score (nSPS) is 16.1. The molecule has 2 aromatic carbocycles. The maximum absolute atomic E-state index is 11.1. The molecular formula is C27H31O2P. The van der Waals surface area contributed by atoms with E-state index in [4.69, 9.17) is 4.74 Å². The molecule has 156 valence electrons. The highest BCUT2D eigenvalue weighted by Crippen LogP contribution is 2.47. The topological polar surface area (TPSA) is 29.5 Å². The highest BCUT2D eigenvalue weighted by Gasteiger charge is 2.30. The average Bonchev–Trinajstić information content (AvgIpc) is 2.67. The van der Waals surface area contributed by atoms with Gasteiger partial charge in [-0.1, -0.05) is 92.2 Å². The summed E-state index contributed by atoms with van der Waals surface area (Å²) in [6.07, 6.45) is 0.775. The SMILES string of the molecule is CC(C)(C)c1cc(CC2Oc3ccccc3-c3cccpc32)cc(C(C)(C)C)c1O. The summed E-state index contributed by atoms with van der Waals surface area (Å²) in [5, 5.41) is 12.4. The number of benzene rings is 2. The number of rotatable bonds is 2. The highest BCUT2D eigenvalue weighted by atomic mass is 31.0. The Bertz CT molecular complexity index is 1050. The van der Waals surface area contributed by atoms with Crippen LogP contribution in [0.2, 0.25) is 0 Å². The molecule has 0 spiro atoms. The Morgan fingerprint density at radius 2 is 1.47 bits per heavy atom. The van der Waals surface area contributed by atoms with Crippen LogP contribution in [0, 0.1) is 0 Å². The zero-order valence-corrected chi connectivity index (χ0v) is 19.7. The third kappa shape index (κ3) is 3.86. The van der Waals surface area contributed by atoms with E-state index in [2.05, 4.69) is 89.8 Å². The Balaban J connectivity index is 1.80. The monoisotopic (exact) mass is 418 g/mol. The predicted octanol–water partition coefficient (Wildman–Crippen LogP) is 7.91. The molecule has 0 bridgehead atoms. The quantitative estimate of drug-likeness (QED) is 0.458. The van der Waals surface area contributed by atoms with Gasteiger partial charge in [0.25, 0.3) is 0 Å². The van der Waals surface area contributed by atoms with E-state index in [-0.39, 0.29) is 16.9 Å². The molecule has 2 heterocycles. The molecular weight excluding hydrogens is 387 g/mol. The molecule has 1 aromatic heterocycles. The zero-order valence-electron chi connectivity index (χ0n) is 18.8. The van der Waals surface area contributed by atoms with Crippen LogP contribution >= 0.6 is 8.19 Å². The summed E-state index contributed by atoms with van der Waals surface area (Å²) >= 11 is 0. The van der Waals surface area contributed by atoms with Crippen LogP contribution in [-0.2, 0) is 17.3 Å². The molecule has 3 aromatic rings. The van der Waals surface area contributed by atoms with E-state index in [0.29, 0.717) is 5.75 Å². The summed E-state index contributed by atoms with van der Waals surface area (Å²) < 4.78 is 6.51. The molecule has 0 saturated carbocycles. The van der Waals surface area contributed by atoms with Crippen molar-refractivity contribution in [2.75, 3.05) is 0 Å². The van der Waals surface area contributed by atoms with Gasteiger partial charge in [-0.2, -0.15) is 0 Å². The highest BCUT2D eigenvalue weighted by molar-refractivity contribution is 7.30. The van der Waals surface area contributed by atoms with Crippen molar-refractivity contribution >= 4 is 8.19 Å². The first-order valence-corrected chi connectivity index (χ1v) is 11.6. The number of aromatic hydroxyl groups is 1. The van der Waals surface area contributed by atoms with Gasteiger partial charge in [0.15, 0.2) is 0 Å². The van der Waals surface area contributed by atoms with Crippen molar-refractivity contribution in [2.45, 2.75) is 64.9 Å². The van der Waals surface area contributed by atoms with Crippen LogP contribution in [0.5, 0.6) is 11.5 Å². The van der Waals surface area contributed by atoms with Crippen LogP contribution < -0.4 is 4.74 Å². The molecule has 3 heteroatoms. The number of hydrogen-bond donors (Lipinski definition) is 1. The maximum Gasteiger partial charge on any atom is 0.133 e. The molecule has 2 nitrogen and oxygen atoms in total. The first kappa shape index (κ1) is 20.9. The lowest BCUT2D eigenvalue weighted by molar-refractivity contribution is 0.206. The summed E-state index contributed by atoms with van der Waals surface area (Å²) in [6, 6.07) is 17.0. The van der Waals surface area contributed by atoms with Gasteiger partial charge in [0.05, 0.1) is 0 Å². The Morgan fingerprint density at radius 1 is 0.867 bits per heavy atom. The predicted molar refractivity (Wildman–Crippen MR) is 127 cm³/mol. The number of para-hydroxylation sites is 1. The van der Waals surface area contributed by atoms with Gasteiger partial charge in [0.1, 0.15) is 17.6 Å². The molecule has 1 aliphatic rings. The smallest absolute Gasteiger partial charge is 0.133 e. The zero-order chi connectivity index (χ0) is 21.7. The Hall–Kier alpha value is -2.31. The number of phenols is 1. The van der Waals surface area contributed by atoms with E-state index < -0.39 is 0 Å². The maximum atomic E-state index is 11.1. The van der Waals surface area contributed by atoms with Gasteiger partial charge in [-0.15, -0.1) is 0 Å². The van der Waals surface area contributed by atoms with Crippen molar-refractivity contribution in [3.8, 4) is 22.6 Å². The van der Waals surface area contributed by atoms with Crippen LogP contribution in [0.3, 0.4) is 0 Å². The van der Waals surface area contributed by atoms with Gasteiger partial charge in [-0.25, -0.2) is 0 Å². The molecule has 4 rings (SSSR count). The minimum Gasteiger partial charge on any atom is -0.507 e. The molecule has 1 N–H and O–H groups in total. The second-order valence-electron chi connectivity index (χ2n) is 10.3. The number of hydrogen-bond acceptors (Lipinski definition) is 2. The summed E-state index contributed by atoms with van der Waals surface area (Å²) in [4.78, 5) is 0. The summed E-state index contributed by atoms with van der Waals surface area (Å²) in [5.41, 5.74) is 5.41. The first-order chi connectivity index (χ1) is 14.1. The lowest BCUT2D eigenvalue weighted by atomic mass is 9.78. The number of fused-ring (bicyclic) bond motifs is 3. The fourth-order valence-corrected chi connectivity index (χ4v) is 5.19. The Labute approximate surface area is 182 Å². The van der Waals surface area contributed by atoms with Crippen molar-refractivity contribution < 1.29 is 9.84 Å². The molecule has 0 saturated heterocycles. The third-order valence-corrected chi connectivity index (χ3v) is 6.93. The van der Waals surface area contributed by atoms with E-state index in [1.165, 1.54) is 30.2 Å². The lowest BCUT2D eigenvalue weighted by Gasteiger charge is -2.31. The van der Waals surface area contributed by atoms with Crippen molar-refractivity contribution in [3.05, 3.63) is 76.3 Å². The van der Waals surface area contributed by atoms with Crippen molar-refractivity contribution in [3.63, 3.8) is 0 Å². The molecule has 1 atom stereocenters. The molecule has 30 heavy (non-hydrogen) atoms. The van der Waals surface area contributed by atoms with Gasteiger partial charge < -0.3 is 9.84 Å². The lowest BCUT2D eigenvalue weighted by Crippen LogP contribution is -2.20. The second kappa shape index (κ2) is 7.43. The molecule has 0 aliphatic carbocycles. The van der Waals surface area contributed by atoms with E-state index in [1.54, 1.807) is 0 Å². The van der Waals surface area contributed by atoms with Crippen molar-refractivity contribution in [1.82, 2.24) is 0 Å². The minimum absolute atomic E-state index is 0.0112. The van der Waals surface area contributed by atoms with E-state index in [9.17, 15) is 5.11 Å². The van der Waals surface area contributed by atoms with Crippen molar-refractivity contribution in [1.29, 1.82) is 0 Å². The van der Waals surface area contributed by atoms with E-state index >= 15 is 0 Å². The fourth-order valence-electron chi connectivity index (χ4n) is 4.21. The van der Waals surface area contributed by atoms with Crippen molar-refractivity contribution in [2.24, 2.45) is 0 Å². The number of ether oxygens (including phenoxy) is 1. The molecule has 1 aliphatic heterocycles. The largest absolute Gasteiger partial charge is 0.507 e. The van der Waals surface area contributed by atoms with Gasteiger partial charge in [0, 0.05) is 17.3 Å². The van der Waals surface area contributed by atoms with Crippen LogP contribution in [0.15, 0.2) is 54.3 Å². The molecule has 1 unspecified atom stereocenters. The summed E-state index contributed by atoms with van der Waals surface area (Å²) in [7, 11) is 1.20. The van der Waals surface area contributed by atoms with Gasteiger partial charge in [-0.3, -0.25) is 0 Å².